The lowest BCUT2D eigenvalue weighted by atomic mass is 10.1. The third kappa shape index (κ3) is 4.32. The third-order valence-corrected chi connectivity index (χ3v) is 5.14. The number of sulfonamides is 1. The van der Waals surface area contributed by atoms with Crippen LogP contribution in [0.1, 0.15) is 16.8 Å². The van der Waals surface area contributed by atoms with Crippen LogP contribution in [0, 0.1) is 13.8 Å². The molecular weight excluding hydrogens is 391 g/mol. The van der Waals surface area contributed by atoms with Crippen LogP contribution in [0.2, 0.25) is 0 Å². The van der Waals surface area contributed by atoms with Gasteiger partial charge in [-0.1, -0.05) is 6.07 Å². The fourth-order valence-electron chi connectivity index (χ4n) is 2.50. The number of anilines is 1. The van der Waals surface area contributed by atoms with Gasteiger partial charge in [-0.15, -0.1) is 0 Å². The average molecular weight is 407 g/mol. The van der Waals surface area contributed by atoms with Crippen LogP contribution < -0.4 is 9.46 Å². The SMILES string of the molecule is Cc1ccc(S(=O)(=O)Nc2cnn(C)c2C(F)(F)F)c(C)c1OCC(=O)O. The van der Waals surface area contributed by atoms with E-state index in [2.05, 4.69) is 5.10 Å². The van der Waals surface area contributed by atoms with Gasteiger partial charge in [0, 0.05) is 12.6 Å². The number of benzene rings is 1. The van der Waals surface area contributed by atoms with E-state index in [1.807, 2.05) is 4.72 Å². The molecule has 0 amide bonds. The Hall–Kier alpha value is -2.76. The van der Waals surface area contributed by atoms with Crippen LogP contribution in [0.4, 0.5) is 18.9 Å². The van der Waals surface area contributed by atoms with Crippen molar-refractivity contribution in [3.05, 3.63) is 35.2 Å². The molecule has 0 fully saturated rings. The first-order valence-corrected chi connectivity index (χ1v) is 8.89. The van der Waals surface area contributed by atoms with Gasteiger partial charge in [0.15, 0.2) is 12.3 Å². The van der Waals surface area contributed by atoms with Crippen molar-refractivity contribution in [3.8, 4) is 5.75 Å². The summed E-state index contributed by atoms with van der Waals surface area (Å²) in [6.45, 7) is 2.25. The molecule has 0 radical (unpaired) electrons. The molecule has 8 nitrogen and oxygen atoms in total. The molecule has 0 saturated heterocycles. The number of aromatic nitrogens is 2. The maximum absolute atomic E-state index is 13.1. The Morgan fingerprint density at radius 2 is 1.96 bits per heavy atom. The van der Waals surface area contributed by atoms with Gasteiger partial charge in [-0.05, 0) is 25.5 Å². The van der Waals surface area contributed by atoms with E-state index in [0.29, 0.717) is 10.2 Å². The molecule has 1 aromatic heterocycles. The van der Waals surface area contributed by atoms with Crippen molar-refractivity contribution in [3.63, 3.8) is 0 Å². The summed E-state index contributed by atoms with van der Waals surface area (Å²) in [6.07, 6.45) is -4.06. The predicted octanol–water partition coefficient (Wildman–Crippen LogP) is 2.32. The topological polar surface area (TPSA) is 111 Å². The maximum atomic E-state index is 13.1. The minimum atomic E-state index is -4.82. The second-order valence-electron chi connectivity index (χ2n) is 5.65. The summed E-state index contributed by atoms with van der Waals surface area (Å²) < 4.78 is 72.1. The zero-order chi connectivity index (χ0) is 20.6. The summed E-state index contributed by atoms with van der Waals surface area (Å²) in [5, 5.41) is 12.2. The normalized spacial score (nSPS) is 12.1. The van der Waals surface area contributed by atoms with Crippen molar-refractivity contribution >= 4 is 21.7 Å². The molecule has 0 atom stereocenters. The van der Waals surface area contributed by atoms with Crippen molar-refractivity contribution < 1.29 is 36.2 Å². The molecule has 2 N–H and O–H groups in total. The summed E-state index contributed by atoms with van der Waals surface area (Å²) in [5.74, 6) is -1.23. The second kappa shape index (κ2) is 7.10. The number of rotatable bonds is 6. The summed E-state index contributed by atoms with van der Waals surface area (Å²) in [5.41, 5.74) is -1.43. The lowest BCUT2D eigenvalue weighted by Gasteiger charge is -2.16. The number of carbonyl (C=O) groups is 1. The zero-order valence-electron chi connectivity index (χ0n) is 14.5. The van der Waals surface area contributed by atoms with Crippen LogP contribution in [-0.4, -0.2) is 35.9 Å². The average Bonchev–Trinajstić information content (AvgIpc) is 2.86. The number of nitrogens with one attached hydrogen (secondary N) is 1. The van der Waals surface area contributed by atoms with E-state index in [4.69, 9.17) is 9.84 Å². The number of carboxylic acid groups (broad SMARTS) is 1. The molecular formula is C15H16F3N3O5S. The minimum Gasteiger partial charge on any atom is -0.481 e. The Morgan fingerprint density at radius 1 is 1.33 bits per heavy atom. The molecule has 2 rings (SSSR count). The maximum Gasteiger partial charge on any atom is 0.435 e. The predicted molar refractivity (Wildman–Crippen MR) is 88.1 cm³/mol. The first-order chi connectivity index (χ1) is 12.3. The number of carboxylic acids is 1. The van der Waals surface area contributed by atoms with Gasteiger partial charge in [-0.3, -0.25) is 9.40 Å². The van der Waals surface area contributed by atoms with E-state index in [0.717, 1.165) is 13.2 Å². The number of alkyl halides is 3. The number of halogens is 3. The van der Waals surface area contributed by atoms with E-state index >= 15 is 0 Å². The summed E-state index contributed by atoms with van der Waals surface area (Å²) in [4.78, 5) is 10.3. The van der Waals surface area contributed by atoms with Crippen LogP contribution in [-0.2, 0) is 28.0 Å². The zero-order valence-corrected chi connectivity index (χ0v) is 15.3. The van der Waals surface area contributed by atoms with E-state index in [9.17, 15) is 26.4 Å². The Balaban J connectivity index is 2.47. The Morgan fingerprint density at radius 3 is 2.52 bits per heavy atom. The van der Waals surface area contributed by atoms with E-state index in [1.165, 1.54) is 19.1 Å². The fourth-order valence-corrected chi connectivity index (χ4v) is 3.80. The molecule has 1 heterocycles. The van der Waals surface area contributed by atoms with Crippen molar-refractivity contribution in [2.75, 3.05) is 11.3 Å². The van der Waals surface area contributed by atoms with Crippen molar-refractivity contribution in [1.29, 1.82) is 0 Å². The molecule has 1 aromatic carbocycles. The second-order valence-corrected chi connectivity index (χ2v) is 7.30. The van der Waals surface area contributed by atoms with Gasteiger partial charge < -0.3 is 9.84 Å². The third-order valence-electron chi connectivity index (χ3n) is 3.63. The number of aliphatic carboxylic acids is 1. The van der Waals surface area contributed by atoms with Gasteiger partial charge in [0.1, 0.15) is 5.75 Å². The smallest absolute Gasteiger partial charge is 0.435 e. The molecule has 0 aliphatic carbocycles. The van der Waals surface area contributed by atoms with Crippen LogP contribution in [0.25, 0.3) is 0 Å². The Bertz CT molecular complexity index is 983. The molecule has 2 aromatic rings. The minimum absolute atomic E-state index is 0.0301. The summed E-state index contributed by atoms with van der Waals surface area (Å²) >= 11 is 0. The lowest BCUT2D eigenvalue weighted by molar-refractivity contribution is -0.143. The van der Waals surface area contributed by atoms with E-state index in [-0.39, 0.29) is 16.2 Å². The van der Waals surface area contributed by atoms with Crippen molar-refractivity contribution in [1.82, 2.24) is 9.78 Å². The van der Waals surface area contributed by atoms with Gasteiger partial charge in [-0.2, -0.15) is 18.3 Å². The molecule has 0 unspecified atom stereocenters. The molecule has 0 aliphatic heterocycles. The number of ether oxygens (including phenoxy) is 1. The first-order valence-electron chi connectivity index (χ1n) is 7.41. The standard InChI is InChI=1S/C15H16F3N3O5S/c1-8-4-5-11(9(2)13(8)26-7-12(22)23)27(24,25)20-10-6-19-21(3)14(10)15(16,17)18/h4-6,20H,7H2,1-3H3,(H,22,23). The molecule has 0 bridgehead atoms. The van der Waals surface area contributed by atoms with Crippen molar-refractivity contribution in [2.45, 2.75) is 24.9 Å². The largest absolute Gasteiger partial charge is 0.481 e. The fraction of sp³-hybridized carbons (Fsp3) is 0.333. The summed E-state index contributed by atoms with van der Waals surface area (Å²) in [6, 6.07) is 2.57. The highest BCUT2D eigenvalue weighted by Crippen LogP contribution is 2.36. The van der Waals surface area contributed by atoms with Crippen LogP contribution in [0.5, 0.6) is 5.75 Å². The number of hydrogen-bond acceptors (Lipinski definition) is 5. The highest BCUT2D eigenvalue weighted by molar-refractivity contribution is 7.92. The molecule has 148 valence electrons. The van der Waals surface area contributed by atoms with Gasteiger partial charge in [-0.25, -0.2) is 13.2 Å². The van der Waals surface area contributed by atoms with Crippen LogP contribution in [0.15, 0.2) is 23.2 Å². The number of nitrogens with zero attached hydrogens (tertiary/aromatic N) is 2. The molecule has 12 heteroatoms. The monoisotopic (exact) mass is 407 g/mol. The Kier molecular flexibility index (Phi) is 5.40. The number of aryl methyl sites for hydroxylation is 2. The van der Waals surface area contributed by atoms with E-state index in [1.54, 1.807) is 6.92 Å². The van der Waals surface area contributed by atoms with Crippen LogP contribution in [0.3, 0.4) is 0 Å². The highest BCUT2D eigenvalue weighted by atomic mass is 32.2. The van der Waals surface area contributed by atoms with Gasteiger partial charge >= 0.3 is 12.1 Å². The van der Waals surface area contributed by atoms with Gasteiger partial charge in [0.2, 0.25) is 0 Å². The molecule has 0 aliphatic rings. The molecule has 27 heavy (non-hydrogen) atoms. The summed E-state index contributed by atoms with van der Waals surface area (Å²) in [7, 11) is -3.38. The molecule has 0 saturated carbocycles. The van der Waals surface area contributed by atoms with Gasteiger partial charge in [0.05, 0.1) is 16.8 Å². The molecule has 0 spiro atoms. The highest BCUT2D eigenvalue weighted by Gasteiger charge is 2.39. The van der Waals surface area contributed by atoms with E-state index < -0.39 is 40.2 Å². The van der Waals surface area contributed by atoms with Crippen LogP contribution >= 0.6 is 0 Å². The number of hydrogen-bond donors (Lipinski definition) is 2. The lowest BCUT2D eigenvalue weighted by Crippen LogP contribution is -2.19. The van der Waals surface area contributed by atoms with Crippen molar-refractivity contribution in [2.24, 2.45) is 7.05 Å². The van der Waals surface area contributed by atoms with Gasteiger partial charge in [0.25, 0.3) is 10.0 Å². The first kappa shape index (κ1) is 20.6. The quantitative estimate of drug-likeness (QED) is 0.760. The Labute approximate surface area is 152 Å².